The molecule has 0 N–H and O–H groups in total. The summed E-state index contributed by atoms with van der Waals surface area (Å²) in [5.41, 5.74) is 16.1. The van der Waals surface area contributed by atoms with Crippen LogP contribution in [-0.2, 0) is 5.41 Å². The highest BCUT2D eigenvalue weighted by molar-refractivity contribution is 6.05. The summed E-state index contributed by atoms with van der Waals surface area (Å²) < 4.78 is 0. The molecule has 0 aromatic heterocycles. The van der Waals surface area contributed by atoms with E-state index in [2.05, 4.69) is 207 Å². The predicted molar refractivity (Wildman–Crippen MR) is 213 cm³/mol. The Hall–Kier alpha value is -6.18. The Bertz CT molecular complexity index is 2370. The van der Waals surface area contributed by atoms with Gasteiger partial charge in [-0.3, -0.25) is 0 Å². The minimum atomic E-state index is -0.0872. The first-order valence-corrected chi connectivity index (χ1v) is 17.4. The van der Waals surface area contributed by atoms with Crippen LogP contribution in [0.15, 0.2) is 188 Å². The Balaban J connectivity index is 1.14. The van der Waals surface area contributed by atoms with Crippen LogP contribution in [0, 0.1) is 0 Å². The molecule has 8 aromatic carbocycles. The minimum absolute atomic E-state index is 0.0872. The number of anilines is 3. The molecule has 8 aromatic rings. The van der Waals surface area contributed by atoms with E-state index in [0.717, 1.165) is 17.1 Å². The van der Waals surface area contributed by atoms with Gasteiger partial charge in [-0.1, -0.05) is 166 Å². The average molecular weight is 640 g/mol. The second-order valence-electron chi connectivity index (χ2n) is 13.8. The highest BCUT2D eigenvalue weighted by Gasteiger charge is 2.37. The Morgan fingerprint density at radius 2 is 0.800 bits per heavy atom. The summed E-state index contributed by atoms with van der Waals surface area (Å²) in [5, 5.41) is 2.63. The molecule has 0 radical (unpaired) electrons. The lowest BCUT2D eigenvalue weighted by molar-refractivity contribution is 0.666. The molecule has 1 heteroatoms. The number of rotatable bonds is 6. The smallest absolute Gasteiger partial charge is 0.0462 e. The van der Waals surface area contributed by atoms with Crippen LogP contribution < -0.4 is 4.90 Å². The first-order valence-electron chi connectivity index (χ1n) is 17.4. The van der Waals surface area contributed by atoms with Crippen molar-refractivity contribution in [1.29, 1.82) is 0 Å². The van der Waals surface area contributed by atoms with Crippen LogP contribution in [-0.4, -0.2) is 0 Å². The molecule has 0 aliphatic heterocycles. The van der Waals surface area contributed by atoms with Crippen LogP contribution >= 0.6 is 0 Å². The third kappa shape index (κ3) is 5.02. The summed E-state index contributed by atoms with van der Waals surface area (Å²) in [6, 6.07) is 68.4. The number of hydrogen-bond acceptors (Lipinski definition) is 1. The lowest BCUT2D eigenvalue weighted by Crippen LogP contribution is -2.15. The van der Waals surface area contributed by atoms with Crippen molar-refractivity contribution < 1.29 is 0 Å². The van der Waals surface area contributed by atoms with Gasteiger partial charge in [0.25, 0.3) is 0 Å². The minimum Gasteiger partial charge on any atom is -0.311 e. The molecule has 0 atom stereocenters. The first kappa shape index (κ1) is 29.9. The van der Waals surface area contributed by atoms with Crippen molar-refractivity contribution in [3.63, 3.8) is 0 Å². The standard InChI is InChI=1S/C49H37N/c1-49(2)46-19-10-9-17-44(46)45-33-26-39-16-11-18-43(47(39)48(45)49)38-24-31-42(32-25-38)50(40-27-20-36(21-28-40)34-12-5-3-6-13-34)41-29-22-37(23-30-41)35-14-7-4-8-15-35/h3-33H,1-2H3. The molecule has 0 saturated heterocycles. The van der Waals surface area contributed by atoms with Crippen molar-refractivity contribution >= 4 is 27.8 Å². The Morgan fingerprint density at radius 1 is 0.340 bits per heavy atom. The first-order chi connectivity index (χ1) is 24.6. The maximum absolute atomic E-state index is 2.38. The third-order valence-electron chi connectivity index (χ3n) is 10.5. The third-order valence-corrected chi connectivity index (χ3v) is 10.5. The summed E-state index contributed by atoms with van der Waals surface area (Å²) in [5.74, 6) is 0. The molecule has 238 valence electrons. The quantitative estimate of drug-likeness (QED) is 0.175. The molecule has 9 rings (SSSR count). The molecule has 1 aliphatic rings. The van der Waals surface area contributed by atoms with E-state index in [1.807, 2.05) is 0 Å². The fraction of sp³-hybridized carbons (Fsp3) is 0.0612. The fourth-order valence-corrected chi connectivity index (χ4v) is 8.00. The van der Waals surface area contributed by atoms with Crippen LogP contribution in [0.25, 0.3) is 55.3 Å². The Kier molecular flexibility index (Phi) is 7.21. The van der Waals surface area contributed by atoms with Crippen LogP contribution in [0.2, 0.25) is 0 Å². The van der Waals surface area contributed by atoms with Gasteiger partial charge in [0.05, 0.1) is 0 Å². The SMILES string of the molecule is CC1(C)c2ccccc2-c2ccc3cccc(-c4ccc(N(c5ccc(-c6ccccc6)cc5)c5ccc(-c6ccccc6)cc5)cc4)c3c21. The summed E-state index contributed by atoms with van der Waals surface area (Å²) in [6.07, 6.45) is 0. The highest BCUT2D eigenvalue weighted by Crippen LogP contribution is 2.53. The van der Waals surface area contributed by atoms with E-state index in [1.54, 1.807) is 0 Å². The summed E-state index contributed by atoms with van der Waals surface area (Å²) in [4.78, 5) is 2.36. The summed E-state index contributed by atoms with van der Waals surface area (Å²) in [6.45, 7) is 4.75. The van der Waals surface area contributed by atoms with Crippen LogP contribution in [0.5, 0.6) is 0 Å². The van der Waals surface area contributed by atoms with Gasteiger partial charge in [0.1, 0.15) is 0 Å². The molecule has 0 heterocycles. The van der Waals surface area contributed by atoms with Crippen LogP contribution in [0.3, 0.4) is 0 Å². The molecular formula is C49H37N. The van der Waals surface area contributed by atoms with E-state index in [0.29, 0.717) is 0 Å². The van der Waals surface area contributed by atoms with Gasteiger partial charge in [-0.15, -0.1) is 0 Å². The molecule has 0 bridgehead atoms. The van der Waals surface area contributed by atoms with Gasteiger partial charge in [-0.05, 0) is 103 Å². The molecule has 0 fully saturated rings. The maximum atomic E-state index is 2.38. The summed E-state index contributed by atoms with van der Waals surface area (Å²) in [7, 11) is 0. The second kappa shape index (κ2) is 12.1. The average Bonchev–Trinajstić information content (AvgIpc) is 3.42. The molecule has 0 unspecified atom stereocenters. The fourth-order valence-electron chi connectivity index (χ4n) is 8.00. The second-order valence-corrected chi connectivity index (χ2v) is 13.8. The van der Waals surface area contributed by atoms with E-state index in [1.165, 1.54) is 66.4 Å². The molecule has 0 saturated carbocycles. The van der Waals surface area contributed by atoms with Crippen molar-refractivity contribution in [2.75, 3.05) is 4.90 Å². The van der Waals surface area contributed by atoms with Gasteiger partial charge in [0.15, 0.2) is 0 Å². The molecule has 1 aliphatic carbocycles. The lowest BCUT2D eigenvalue weighted by Gasteiger charge is -2.27. The Morgan fingerprint density at radius 3 is 1.36 bits per heavy atom. The molecule has 0 spiro atoms. The molecular weight excluding hydrogens is 603 g/mol. The van der Waals surface area contributed by atoms with E-state index >= 15 is 0 Å². The normalized spacial score (nSPS) is 12.8. The van der Waals surface area contributed by atoms with Crippen molar-refractivity contribution in [3.05, 3.63) is 199 Å². The zero-order valence-electron chi connectivity index (χ0n) is 28.3. The van der Waals surface area contributed by atoms with Crippen LogP contribution in [0.1, 0.15) is 25.0 Å². The number of fused-ring (bicyclic) bond motifs is 5. The largest absolute Gasteiger partial charge is 0.311 e. The van der Waals surface area contributed by atoms with Gasteiger partial charge >= 0.3 is 0 Å². The molecule has 50 heavy (non-hydrogen) atoms. The lowest BCUT2D eigenvalue weighted by atomic mass is 9.78. The van der Waals surface area contributed by atoms with Gasteiger partial charge in [0.2, 0.25) is 0 Å². The van der Waals surface area contributed by atoms with Gasteiger partial charge in [-0.25, -0.2) is 0 Å². The van der Waals surface area contributed by atoms with E-state index < -0.39 is 0 Å². The predicted octanol–water partition coefficient (Wildman–Crippen LogP) is 13.6. The van der Waals surface area contributed by atoms with Gasteiger partial charge in [-0.2, -0.15) is 0 Å². The van der Waals surface area contributed by atoms with Gasteiger partial charge < -0.3 is 4.90 Å². The molecule has 1 nitrogen and oxygen atoms in total. The topological polar surface area (TPSA) is 3.24 Å². The highest BCUT2D eigenvalue weighted by atomic mass is 15.1. The number of nitrogens with zero attached hydrogens (tertiary/aromatic N) is 1. The van der Waals surface area contributed by atoms with Crippen LogP contribution in [0.4, 0.5) is 17.1 Å². The van der Waals surface area contributed by atoms with Gasteiger partial charge in [0, 0.05) is 22.5 Å². The number of benzene rings is 8. The van der Waals surface area contributed by atoms with Crippen molar-refractivity contribution in [1.82, 2.24) is 0 Å². The maximum Gasteiger partial charge on any atom is 0.0462 e. The zero-order valence-corrected chi connectivity index (χ0v) is 28.3. The van der Waals surface area contributed by atoms with Crippen molar-refractivity contribution in [2.45, 2.75) is 19.3 Å². The summed E-state index contributed by atoms with van der Waals surface area (Å²) >= 11 is 0. The molecule has 0 amide bonds. The zero-order chi connectivity index (χ0) is 33.7. The number of hydrogen-bond donors (Lipinski definition) is 0. The van der Waals surface area contributed by atoms with E-state index in [-0.39, 0.29) is 5.41 Å². The Labute approximate surface area is 294 Å². The van der Waals surface area contributed by atoms with Crippen molar-refractivity contribution in [3.8, 4) is 44.5 Å². The van der Waals surface area contributed by atoms with E-state index in [9.17, 15) is 0 Å². The monoisotopic (exact) mass is 639 g/mol. The van der Waals surface area contributed by atoms with E-state index in [4.69, 9.17) is 0 Å². The van der Waals surface area contributed by atoms with Crippen molar-refractivity contribution in [2.24, 2.45) is 0 Å².